The molecule has 1 nitrogen and oxygen atoms in total. The first kappa shape index (κ1) is 20.0. The zero-order chi connectivity index (χ0) is 19.9. The molecular weight excluding hydrogens is 392 g/mol. The maximum Gasteiger partial charge on any atom is 0.150 e. The van der Waals surface area contributed by atoms with E-state index in [0.29, 0.717) is 5.56 Å². The van der Waals surface area contributed by atoms with Crippen molar-refractivity contribution in [3.8, 4) is 23.0 Å². The number of hydrogen-bond donors (Lipinski definition) is 0. The second kappa shape index (κ2) is 9.43. The van der Waals surface area contributed by atoms with Gasteiger partial charge in [0.2, 0.25) is 0 Å². The van der Waals surface area contributed by atoms with Crippen LogP contribution in [0.2, 0.25) is 0 Å². The molecule has 5 heteroatoms. The quantitative estimate of drug-likeness (QED) is 0.202. The van der Waals surface area contributed by atoms with Gasteiger partial charge in [-0.05, 0) is 71.6 Å². The fourth-order valence-corrected chi connectivity index (χ4v) is 3.33. The molecule has 0 fully saturated rings. The highest BCUT2D eigenvalue weighted by atomic mass is 32.2. The number of isothiocyanates is 1. The molecule has 3 aromatic rings. The topological polar surface area (TPSA) is 12.4 Å². The fraction of sp³-hybridized carbons (Fsp3) is 0.0870. The molecule has 0 aliphatic heterocycles. The Labute approximate surface area is 172 Å². The van der Waals surface area contributed by atoms with Crippen molar-refractivity contribution in [1.82, 2.24) is 0 Å². The predicted molar refractivity (Wildman–Crippen MR) is 115 cm³/mol. The Balaban J connectivity index is 1.83. The van der Waals surface area contributed by atoms with Gasteiger partial charge in [0.15, 0.2) is 5.82 Å². The van der Waals surface area contributed by atoms with E-state index >= 15 is 0 Å². The summed E-state index contributed by atoms with van der Waals surface area (Å²) in [4.78, 5) is 4.80. The second-order valence-electron chi connectivity index (χ2n) is 5.77. The molecule has 0 aliphatic rings. The average molecular weight is 408 g/mol. The number of benzene rings is 3. The largest absolute Gasteiger partial charge is 0.206 e. The molecule has 0 saturated heterocycles. The van der Waals surface area contributed by atoms with Gasteiger partial charge in [0.1, 0.15) is 11.5 Å². The third-order valence-corrected chi connectivity index (χ3v) is 4.91. The Kier molecular flexibility index (Phi) is 6.73. The highest BCUT2D eigenvalue weighted by Crippen LogP contribution is 2.25. The van der Waals surface area contributed by atoms with Gasteiger partial charge in [0.05, 0.1) is 10.7 Å². The van der Waals surface area contributed by atoms with Crippen LogP contribution in [0.4, 0.5) is 14.5 Å². The number of halogens is 2. The van der Waals surface area contributed by atoms with Gasteiger partial charge in [-0.1, -0.05) is 37.0 Å². The lowest BCUT2D eigenvalue weighted by Gasteiger charge is -2.05. The van der Waals surface area contributed by atoms with Crippen molar-refractivity contribution in [3.63, 3.8) is 0 Å². The summed E-state index contributed by atoms with van der Waals surface area (Å²) >= 11 is 6.23. The standard InChI is InChI=1S/C23H15F2NS2/c1-2-28-20-10-8-17(9-11-20)19-7-6-18(21(24)14-19)5-3-16-4-12-23(26-15-27)22(25)13-16/h4,6-14H,2H2,1H3. The number of aliphatic imine (C=N–C) groups is 1. The minimum Gasteiger partial charge on any atom is -0.206 e. The van der Waals surface area contributed by atoms with Gasteiger partial charge in [-0.15, -0.1) is 11.8 Å². The van der Waals surface area contributed by atoms with Crippen molar-refractivity contribution < 1.29 is 8.78 Å². The van der Waals surface area contributed by atoms with Crippen LogP contribution in [0.3, 0.4) is 0 Å². The van der Waals surface area contributed by atoms with Crippen LogP contribution in [0, 0.1) is 23.5 Å². The zero-order valence-corrected chi connectivity index (χ0v) is 16.6. The summed E-state index contributed by atoms with van der Waals surface area (Å²) in [5.41, 5.74) is 2.50. The first-order valence-corrected chi connectivity index (χ1v) is 9.92. The highest BCUT2D eigenvalue weighted by molar-refractivity contribution is 7.99. The first-order valence-electron chi connectivity index (χ1n) is 8.53. The maximum atomic E-state index is 14.5. The lowest BCUT2D eigenvalue weighted by molar-refractivity contribution is 0.625. The zero-order valence-electron chi connectivity index (χ0n) is 15.0. The van der Waals surface area contributed by atoms with Gasteiger partial charge < -0.3 is 0 Å². The monoisotopic (exact) mass is 407 g/mol. The van der Waals surface area contributed by atoms with Crippen molar-refractivity contribution in [2.75, 3.05) is 5.75 Å². The van der Waals surface area contributed by atoms with Crippen LogP contribution in [0.25, 0.3) is 11.1 Å². The fourth-order valence-electron chi connectivity index (χ4n) is 2.57. The third-order valence-electron chi connectivity index (χ3n) is 3.92. The number of rotatable bonds is 4. The van der Waals surface area contributed by atoms with Crippen LogP contribution in [0.1, 0.15) is 18.1 Å². The molecule has 0 heterocycles. The molecule has 3 rings (SSSR count). The van der Waals surface area contributed by atoms with Gasteiger partial charge in [-0.2, -0.15) is 4.99 Å². The number of thioether (sulfide) groups is 1. The minimum atomic E-state index is -0.551. The Morgan fingerprint density at radius 3 is 2.29 bits per heavy atom. The Morgan fingerprint density at radius 1 is 0.893 bits per heavy atom. The minimum absolute atomic E-state index is 0.0967. The normalized spacial score (nSPS) is 9.96. The van der Waals surface area contributed by atoms with Crippen molar-refractivity contribution in [3.05, 3.63) is 83.4 Å². The van der Waals surface area contributed by atoms with Crippen LogP contribution in [0.5, 0.6) is 0 Å². The van der Waals surface area contributed by atoms with E-state index in [-0.39, 0.29) is 11.3 Å². The molecule has 138 valence electrons. The molecule has 3 aromatic carbocycles. The van der Waals surface area contributed by atoms with Crippen LogP contribution >= 0.6 is 24.0 Å². The molecule has 0 atom stereocenters. The van der Waals surface area contributed by atoms with Crippen LogP contribution < -0.4 is 0 Å². The van der Waals surface area contributed by atoms with Gasteiger partial charge in [-0.25, -0.2) is 8.78 Å². The summed E-state index contributed by atoms with van der Waals surface area (Å²) in [6.45, 7) is 2.10. The van der Waals surface area contributed by atoms with Gasteiger partial charge >= 0.3 is 0 Å². The summed E-state index contributed by atoms with van der Waals surface area (Å²) < 4.78 is 28.3. The second-order valence-corrected chi connectivity index (χ2v) is 7.29. The maximum absolute atomic E-state index is 14.5. The molecule has 0 N–H and O–H groups in total. The van der Waals surface area contributed by atoms with Crippen molar-refractivity contribution in [2.45, 2.75) is 11.8 Å². The molecular formula is C23H15F2NS2. The van der Waals surface area contributed by atoms with Gasteiger partial charge in [0, 0.05) is 10.5 Å². The number of nitrogens with zero attached hydrogens (tertiary/aromatic N) is 1. The van der Waals surface area contributed by atoms with E-state index in [1.807, 2.05) is 30.3 Å². The molecule has 0 aromatic heterocycles. The smallest absolute Gasteiger partial charge is 0.150 e. The summed E-state index contributed by atoms with van der Waals surface area (Å²) in [5.74, 6) is 5.56. The van der Waals surface area contributed by atoms with Crippen molar-refractivity contribution >= 4 is 34.8 Å². The molecule has 0 saturated carbocycles. The molecule has 0 spiro atoms. The van der Waals surface area contributed by atoms with Gasteiger partial charge in [-0.3, -0.25) is 0 Å². The van der Waals surface area contributed by atoms with Gasteiger partial charge in [0.25, 0.3) is 0 Å². The first-order chi connectivity index (χ1) is 13.6. The van der Waals surface area contributed by atoms with Crippen LogP contribution in [-0.2, 0) is 0 Å². The van der Waals surface area contributed by atoms with E-state index in [4.69, 9.17) is 0 Å². The van der Waals surface area contributed by atoms with E-state index in [0.717, 1.165) is 16.9 Å². The molecule has 0 unspecified atom stereocenters. The van der Waals surface area contributed by atoms with E-state index in [9.17, 15) is 8.78 Å². The molecule has 0 radical (unpaired) electrons. The Morgan fingerprint density at radius 2 is 1.64 bits per heavy atom. The lowest BCUT2D eigenvalue weighted by atomic mass is 10.0. The molecule has 0 bridgehead atoms. The molecule has 0 amide bonds. The number of hydrogen-bond acceptors (Lipinski definition) is 3. The SMILES string of the molecule is CCSc1ccc(-c2ccc(C#Cc3ccc(N=C=S)c(F)c3)c(F)c2)cc1. The summed E-state index contributed by atoms with van der Waals surface area (Å²) in [6, 6.07) is 17.2. The Hall–Kier alpha value is -2.77. The van der Waals surface area contributed by atoms with Crippen LogP contribution in [-0.4, -0.2) is 10.9 Å². The van der Waals surface area contributed by atoms with Crippen molar-refractivity contribution in [1.29, 1.82) is 0 Å². The van der Waals surface area contributed by atoms with Crippen LogP contribution in [0.15, 0.2) is 70.6 Å². The summed E-state index contributed by atoms with van der Waals surface area (Å²) in [6.07, 6.45) is 0. The van der Waals surface area contributed by atoms with E-state index in [1.54, 1.807) is 23.9 Å². The molecule has 28 heavy (non-hydrogen) atoms. The Bertz CT molecular complexity index is 1110. The highest BCUT2D eigenvalue weighted by Gasteiger charge is 2.05. The lowest BCUT2D eigenvalue weighted by Crippen LogP contribution is -1.87. The van der Waals surface area contributed by atoms with E-state index in [1.165, 1.54) is 23.1 Å². The number of thiocarbonyl (C=S) groups is 1. The summed E-state index contributed by atoms with van der Waals surface area (Å²) in [7, 11) is 0. The van der Waals surface area contributed by atoms with E-state index < -0.39 is 11.6 Å². The molecule has 0 aliphatic carbocycles. The third kappa shape index (κ3) is 4.94. The van der Waals surface area contributed by atoms with E-state index in [2.05, 4.69) is 41.1 Å². The average Bonchev–Trinajstić information content (AvgIpc) is 2.70. The van der Waals surface area contributed by atoms with Crippen molar-refractivity contribution in [2.24, 2.45) is 4.99 Å². The predicted octanol–water partition coefficient (Wildman–Crippen LogP) is 6.88. The summed E-state index contributed by atoms with van der Waals surface area (Å²) in [5, 5.41) is 2.12.